The average molecular weight is 356 g/mol. The van der Waals surface area contributed by atoms with Crippen molar-refractivity contribution in [3.8, 4) is 0 Å². The zero-order chi connectivity index (χ0) is 18.1. The molecule has 1 aliphatic heterocycles. The van der Waals surface area contributed by atoms with Gasteiger partial charge in [0.2, 0.25) is 5.91 Å². The summed E-state index contributed by atoms with van der Waals surface area (Å²) in [5, 5.41) is 2.90. The third kappa shape index (κ3) is 3.06. The first-order chi connectivity index (χ1) is 12.6. The molecule has 5 heteroatoms. The van der Waals surface area contributed by atoms with Gasteiger partial charge in [-0.3, -0.25) is 4.79 Å². The van der Waals surface area contributed by atoms with E-state index in [1.165, 1.54) is 24.3 Å². The molecule has 136 valence electrons. The molecule has 1 aliphatic carbocycles. The van der Waals surface area contributed by atoms with Crippen molar-refractivity contribution in [2.75, 3.05) is 23.3 Å². The standard InChI is InChI=1S/C21H22F2N2O/c22-16-6-4-15(5-7-16)21(8-3-9-21)20(26)24-18-12-17(23)13-19(14-18)25-10-1-2-11-25/h4-7,12-14H,1-3,8-11H2,(H,24,26). The fourth-order valence-electron chi connectivity index (χ4n) is 4.00. The molecular formula is C21H22F2N2O. The van der Waals surface area contributed by atoms with Gasteiger partial charge in [0.25, 0.3) is 0 Å². The van der Waals surface area contributed by atoms with E-state index in [4.69, 9.17) is 0 Å². The second kappa shape index (κ2) is 6.71. The van der Waals surface area contributed by atoms with Crippen LogP contribution in [0.2, 0.25) is 0 Å². The molecule has 0 aromatic heterocycles. The van der Waals surface area contributed by atoms with E-state index in [0.717, 1.165) is 56.4 Å². The van der Waals surface area contributed by atoms with Crippen molar-refractivity contribution in [2.45, 2.75) is 37.5 Å². The van der Waals surface area contributed by atoms with Crippen LogP contribution in [0.5, 0.6) is 0 Å². The van der Waals surface area contributed by atoms with Crippen molar-refractivity contribution in [2.24, 2.45) is 0 Å². The number of rotatable bonds is 4. The van der Waals surface area contributed by atoms with Crippen LogP contribution >= 0.6 is 0 Å². The molecule has 1 saturated carbocycles. The third-order valence-corrected chi connectivity index (χ3v) is 5.65. The Balaban J connectivity index is 1.58. The lowest BCUT2D eigenvalue weighted by Gasteiger charge is -2.40. The van der Waals surface area contributed by atoms with Crippen LogP contribution in [0.15, 0.2) is 42.5 Å². The highest BCUT2D eigenvalue weighted by molar-refractivity contribution is 6.00. The van der Waals surface area contributed by atoms with E-state index in [1.807, 2.05) is 6.07 Å². The Labute approximate surface area is 152 Å². The SMILES string of the molecule is O=C(Nc1cc(F)cc(N2CCCC2)c1)C1(c2ccc(F)cc2)CCC1. The molecular weight excluding hydrogens is 334 g/mol. The van der Waals surface area contributed by atoms with Crippen LogP contribution in [0.4, 0.5) is 20.2 Å². The van der Waals surface area contributed by atoms with Gasteiger partial charge in [0.15, 0.2) is 0 Å². The van der Waals surface area contributed by atoms with Gasteiger partial charge in [0.05, 0.1) is 5.41 Å². The molecule has 1 amide bonds. The van der Waals surface area contributed by atoms with E-state index < -0.39 is 5.41 Å². The van der Waals surface area contributed by atoms with E-state index in [9.17, 15) is 13.6 Å². The summed E-state index contributed by atoms with van der Waals surface area (Å²) in [5.74, 6) is -0.813. The number of halogens is 2. The smallest absolute Gasteiger partial charge is 0.235 e. The summed E-state index contributed by atoms with van der Waals surface area (Å²) < 4.78 is 27.3. The number of carbonyl (C=O) groups excluding carboxylic acids is 1. The van der Waals surface area contributed by atoms with Crippen molar-refractivity contribution in [1.29, 1.82) is 0 Å². The number of anilines is 2. The molecule has 2 aliphatic rings. The molecule has 2 aromatic rings. The number of nitrogens with one attached hydrogen (secondary N) is 1. The van der Waals surface area contributed by atoms with Crippen molar-refractivity contribution in [3.63, 3.8) is 0 Å². The molecule has 0 bridgehead atoms. The minimum Gasteiger partial charge on any atom is -0.371 e. The van der Waals surface area contributed by atoms with Crippen LogP contribution in [-0.2, 0) is 10.2 Å². The first-order valence-corrected chi connectivity index (χ1v) is 9.20. The highest BCUT2D eigenvalue weighted by Gasteiger charge is 2.45. The number of nitrogens with zero attached hydrogens (tertiary/aromatic N) is 1. The molecule has 0 atom stereocenters. The number of carbonyl (C=O) groups is 1. The zero-order valence-electron chi connectivity index (χ0n) is 14.6. The Morgan fingerprint density at radius 1 is 0.923 bits per heavy atom. The molecule has 4 rings (SSSR count). The summed E-state index contributed by atoms with van der Waals surface area (Å²) in [6.45, 7) is 1.83. The highest BCUT2D eigenvalue weighted by atomic mass is 19.1. The lowest BCUT2D eigenvalue weighted by molar-refractivity contribution is -0.124. The number of hydrogen-bond acceptors (Lipinski definition) is 2. The predicted octanol–water partition coefficient (Wildman–Crippen LogP) is 4.63. The molecule has 1 saturated heterocycles. The Morgan fingerprint density at radius 2 is 1.62 bits per heavy atom. The van der Waals surface area contributed by atoms with Gasteiger partial charge < -0.3 is 10.2 Å². The van der Waals surface area contributed by atoms with E-state index in [-0.39, 0.29) is 17.5 Å². The van der Waals surface area contributed by atoms with Gasteiger partial charge in [-0.1, -0.05) is 18.6 Å². The average Bonchev–Trinajstić information content (AvgIpc) is 3.09. The second-order valence-corrected chi connectivity index (χ2v) is 7.29. The minimum absolute atomic E-state index is 0.145. The van der Waals surface area contributed by atoms with Gasteiger partial charge in [-0.2, -0.15) is 0 Å². The van der Waals surface area contributed by atoms with Crippen molar-refractivity contribution < 1.29 is 13.6 Å². The molecule has 2 fully saturated rings. The van der Waals surface area contributed by atoms with Crippen LogP contribution in [-0.4, -0.2) is 19.0 Å². The van der Waals surface area contributed by atoms with E-state index in [1.54, 1.807) is 12.1 Å². The maximum Gasteiger partial charge on any atom is 0.235 e. The normalized spacial score (nSPS) is 18.5. The first kappa shape index (κ1) is 17.0. The predicted molar refractivity (Wildman–Crippen MR) is 98.4 cm³/mol. The van der Waals surface area contributed by atoms with Crippen LogP contribution in [0, 0.1) is 11.6 Å². The van der Waals surface area contributed by atoms with E-state index in [2.05, 4.69) is 10.2 Å². The fraction of sp³-hybridized carbons (Fsp3) is 0.381. The van der Waals surface area contributed by atoms with Crippen molar-refractivity contribution in [3.05, 3.63) is 59.7 Å². The quantitative estimate of drug-likeness (QED) is 0.867. The summed E-state index contributed by atoms with van der Waals surface area (Å²) in [4.78, 5) is 15.1. The number of amides is 1. The summed E-state index contributed by atoms with van der Waals surface area (Å²) >= 11 is 0. The zero-order valence-corrected chi connectivity index (χ0v) is 14.6. The fourth-order valence-corrected chi connectivity index (χ4v) is 4.00. The Hall–Kier alpha value is -2.43. The van der Waals surface area contributed by atoms with Crippen molar-refractivity contribution >= 4 is 17.3 Å². The monoisotopic (exact) mass is 356 g/mol. The van der Waals surface area contributed by atoms with Crippen molar-refractivity contribution in [1.82, 2.24) is 0 Å². The van der Waals surface area contributed by atoms with Crippen LogP contribution in [0.3, 0.4) is 0 Å². The molecule has 26 heavy (non-hydrogen) atoms. The van der Waals surface area contributed by atoms with Crippen LogP contribution in [0.25, 0.3) is 0 Å². The minimum atomic E-state index is -0.645. The molecule has 0 spiro atoms. The molecule has 1 heterocycles. The lowest BCUT2D eigenvalue weighted by Crippen LogP contribution is -2.46. The molecule has 0 radical (unpaired) electrons. The summed E-state index contributed by atoms with van der Waals surface area (Å²) in [7, 11) is 0. The number of benzene rings is 2. The summed E-state index contributed by atoms with van der Waals surface area (Å²) in [6, 6.07) is 10.8. The molecule has 0 unspecified atom stereocenters. The molecule has 3 nitrogen and oxygen atoms in total. The largest absolute Gasteiger partial charge is 0.371 e. The Bertz CT molecular complexity index is 809. The highest BCUT2D eigenvalue weighted by Crippen LogP contribution is 2.44. The molecule has 1 N–H and O–H groups in total. The van der Waals surface area contributed by atoms with Crippen LogP contribution in [0.1, 0.15) is 37.7 Å². The Kier molecular flexibility index (Phi) is 4.39. The van der Waals surface area contributed by atoms with Crippen LogP contribution < -0.4 is 10.2 Å². The lowest BCUT2D eigenvalue weighted by atomic mass is 9.64. The van der Waals surface area contributed by atoms with Gasteiger partial charge in [-0.05, 0) is 61.6 Å². The van der Waals surface area contributed by atoms with Gasteiger partial charge >= 0.3 is 0 Å². The van der Waals surface area contributed by atoms with Gasteiger partial charge in [0, 0.05) is 24.5 Å². The first-order valence-electron chi connectivity index (χ1n) is 9.20. The Morgan fingerprint density at radius 3 is 2.23 bits per heavy atom. The molecule has 2 aromatic carbocycles. The van der Waals surface area contributed by atoms with E-state index >= 15 is 0 Å². The maximum absolute atomic E-state index is 14.1. The second-order valence-electron chi connectivity index (χ2n) is 7.29. The van der Waals surface area contributed by atoms with Gasteiger partial charge in [0.1, 0.15) is 11.6 Å². The summed E-state index contributed by atoms with van der Waals surface area (Å²) in [5.41, 5.74) is 1.46. The number of hydrogen-bond donors (Lipinski definition) is 1. The third-order valence-electron chi connectivity index (χ3n) is 5.65. The van der Waals surface area contributed by atoms with Gasteiger partial charge in [-0.25, -0.2) is 8.78 Å². The maximum atomic E-state index is 14.1. The van der Waals surface area contributed by atoms with E-state index in [0.29, 0.717) is 5.69 Å². The summed E-state index contributed by atoms with van der Waals surface area (Å²) in [6.07, 6.45) is 4.60. The topological polar surface area (TPSA) is 32.3 Å². The van der Waals surface area contributed by atoms with Gasteiger partial charge in [-0.15, -0.1) is 0 Å².